The average Bonchev–Trinajstić information content (AvgIpc) is 2.78. The van der Waals surface area contributed by atoms with Crippen LogP contribution < -0.4 is 5.73 Å². The first-order chi connectivity index (χ1) is 8.31. The van der Waals surface area contributed by atoms with E-state index in [1.807, 2.05) is 0 Å². The molecule has 1 atom stereocenters. The van der Waals surface area contributed by atoms with Crippen LogP contribution in [0.4, 0.5) is 0 Å². The van der Waals surface area contributed by atoms with E-state index in [0.29, 0.717) is 13.1 Å². The van der Waals surface area contributed by atoms with E-state index in [-0.39, 0.29) is 0 Å². The van der Waals surface area contributed by atoms with Crippen molar-refractivity contribution in [3.8, 4) is 0 Å². The second kappa shape index (κ2) is 8.47. The molecule has 1 aromatic heterocycles. The summed E-state index contributed by atoms with van der Waals surface area (Å²) < 4.78 is 1.79. The first-order valence-electron chi connectivity index (χ1n) is 6.40. The molecule has 6 heteroatoms. The Hall–Kier alpha value is -0.620. The summed E-state index contributed by atoms with van der Waals surface area (Å²) in [5.41, 5.74) is 5.51. The molecule has 0 saturated carbocycles. The van der Waals surface area contributed by atoms with Crippen molar-refractivity contribution in [1.82, 2.24) is 20.2 Å². The normalized spacial score (nSPS) is 12.9. The van der Waals surface area contributed by atoms with Crippen molar-refractivity contribution in [3.05, 3.63) is 0 Å². The summed E-state index contributed by atoms with van der Waals surface area (Å²) in [4.78, 5) is 0. The number of hydrogen-bond acceptors (Lipinski definition) is 5. The van der Waals surface area contributed by atoms with E-state index in [4.69, 9.17) is 5.73 Å². The van der Waals surface area contributed by atoms with Gasteiger partial charge >= 0.3 is 0 Å². The second-order valence-electron chi connectivity index (χ2n) is 4.20. The standard InChI is InChI=1S/C11H23N5S/c1-3-5-6-10(4-2)9-17-11-13-14-15-16(11)8-7-12/h10H,3-9,12H2,1-2H3. The van der Waals surface area contributed by atoms with Crippen LogP contribution in [0.2, 0.25) is 0 Å². The fourth-order valence-corrected chi connectivity index (χ4v) is 2.81. The van der Waals surface area contributed by atoms with Gasteiger partial charge in [0.25, 0.3) is 0 Å². The maximum absolute atomic E-state index is 5.51. The Morgan fingerprint density at radius 1 is 1.41 bits per heavy atom. The zero-order valence-electron chi connectivity index (χ0n) is 10.8. The topological polar surface area (TPSA) is 69.6 Å². The molecule has 17 heavy (non-hydrogen) atoms. The lowest BCUT2D eigenvalue weighted by Crippen LogP contribution is -2.12. The van der Waals surface area contributed by atoms with Crippen molar-refractivity contribution in [2.45, 2.75) is 51.2 Å². The lowest BCUT2D eigenvalue weighted by molar-refractivity contribution is 0.497. The van der Waals surface area contributed by atoms with E-state index >= 15 is 0 Å². The Labute approximate surface area is 108 Å². The third-order valence-electron chi connectivity index (χ3n) is 2.83. The molecule has 0 amide bonds. The minimum atomic E-state index is 0.575. The molecule has 0 fully saturated rings. The molecule has 98 valence electrons. The average molecular weight is 257 g/mol. The molecule has 0 aliphatic heterocycles. The van der Waals surface area contributed by atoms with E-state index in [1.54, 1.807) is 16.4 Å². The van der Waals surface area contributed by atoms with Gasteiger partial charge in [-0.25, -0.2) is 4.68 Å². The van der Waals surface area contributed by atoms with E-state index in [2.05, 4.69) is 29.4 Å². The monoisotopic (exact) mass is 257 g/mol. The number of rotatable bonds is 9. The van der Waals surface area contributed by atoms with Gasteiger partial charge in [-0.15, -0.1) is 5.10 Å². The van der Waals surface area contributed by atoms with E-state index < -0.39 is 0 Å². The van der Waals surface area contributed by atoms with Crippen molar-refractivity contribution in [2.75, 3.05) is 12.3 Å². The van der Waals surface area contributed by atoms with Crippen LogP contribution in [0.1, 0.15) is 39.5 Å². The van der Waals surface area contributed by atoms with Crippen LogP contribution >= 0.6 is 11.8 Å². The van der Waals surface area contributed by atoms with E-state index in [1.165, 1.54) is 25.7 Å². The number of unbranched alkanes of at least 4 members (excludes halogenated alkanes) is 1. The Morgan fingerprint density at radius 2 is 2.24 bits per heavy atom. The van der Waals surface area contributed by atoms with Crippen LogP contribution in [-0.2, 0) is 6.54 Å². The smallest absolute Gasteiger partial charge is 0.209 e. The maximum atomic E-state index is 5.51. The van der Waals surface area contributed by atoms with Gasteiger partial charge in [0.2, 0.25) is 5.16 Å². The van der Waals surface area contributed by atoms with Gasteiger partial charge < -0.3 is 5.73 Å². The highest BCUT2D eigenvalue weighted by atomic mass is 32.2. The summed E-state index contributed by atoms with van der Waals surface area (Å²) in [6.07, 6.45) is 5.11. The van der Waals surface area contributed by atoms with Crippen LogP contribution in [0.5, 0.6) is 0 Å². The third kappa shape index (κ3) is 5.04. The summed E-state index contributed by atoms with van der Waals surface area (Å²) in [6.45, 7) is 5.76. The van der Waals surface area contributed by atoms with Gasteiger partial charge in [0, 0.05) is 12.3 Å². The second-order valence-corrected chi connectivity index (χ2v) is 5.19. The number of hydrogen-bond donors (Lipinski definition) is 1. The number of nitrogens with zero attached hydrogens (tertiary/aromatic N) is 4. The maximum Gasteiger partial charge on any atom is 0.209 e. The van der Waals surface area contributed by atoms with Gasteiger partial charge in [0.05, 0.1) is 6.54 Å². The molecule has 5 nitrogen and oxygen atoms in total. The van der Waals surface area contributed by atoms with Crippen LogP contribution in [0.3, 0.4) is 0 Å². The van der Waals surface area contributed by atoms with Crippen molar-refractivity contribution in [1.29, 1.82) is 0 Å². The zero-order chi connectivity index (χ0) is 12.5. The lowest BCUT2D eigenvalue weighted by Gasteiger charge is -2.13. The fourth-order valence-electron chi connectivity index (χ4n) is 1.65. The molecule has 0 aromatic carbocycles. The van der Waals surface area contributed by atoms with Gasteiger partial charge in [-0.2, -0.15) is 0 Å². The zero-order valence-corrected chi connectivity index (χ0v) is 11.6. The minimum Gasteiger partial charge on any atom is -0.329 e. The number of thioether (sulfide) groups is 1. The predicted octanol–water partition coefficient (Wildman–Crippen LogP) is 1.94. The summed E-state index contributed by atoms with van der Waals surface area (Å²) in [5, 5.41) is 12.5. The largest absolute Gasteiger partial charge is 0.329 e. The van der Waals surface area contributed by atoms with Crippen LogP contribution in [0.25, 0.3) is 0 Å². The van der Waals surface area contributed by atoms with Gasteiger partial charge in [-0.1, -0.05) is 44.9 Å². The number of tetrazole rings is 1. The summed E-state index contributed by atoms with van der Waals surface area (Å²) >= 11 is 1.75. The minimum absolute atomic E-state index is 0.575. The molecule has 1 heterocycles. The van der Waals surface area contributed by atoms with Gasteiger partial charge in [-0.3, -0.25) is 0 Å². The number of nitrogens with two attached hydrogens (primary N) is 1. The Morgan fingerprint density at radius 3 is 2.88 bits per heavy atom. The fraction of sp³-hybridized carbons (Fsp3) is 0.909. The molecular formula is C11H23N5S. The first-order valence-corrected chi connectivity index (χ1v) is 7.39. The van der Waals surface area contributed by atoms with Crippen molar-refractivity contribution < 1.29 is 0 Å². The Kier molecular flexibility index (Phi) is 7.19. The molecule has 0 spiro atoms. The van der Waals surface area contributed by atoms with Crippen molar-refractivity contribution >= 4 is 11.8 Å². The molecule has 1 aromatic rings. The Balaban J connectivity index is 2.39. The number of aromatic nitrogens is 4. The van der Waals surface area contributed by atoms with Gasteiger partial charge in [0.15, 0.2) is 0 Å². The molecule has 1 unspecified atom stereocenters. The van der Waals surface area contributed by atoms with Crippen molar-refractivity contribution in [3.63, 3.8) is 0 Å². The first kappa shape index (κ1) is 14.4. The lowest BCUT2D eigenvalue weighted by atomic mass is 10.0. The molecule has 0 radical (unpaired) electrons. The molecule has 2 N–H and O–H groups in total. The van der Waals surface area contributed by atoms with E-state index in [9.17, 15) is 0 Å². The van der Waals surface area contributed by atoms with Crippen molar-refractivity contribution in [2.24, 2.45) is 11.7 Å². The Bertz CT molecular complexity index is 302. The molecule has 0 bridgehead atoms. The van der Waals surface area contributed by atoms with Crippen LogP contribution in [0, 0.1) is 5.92 Å². The highest BCUT2D eigenvalue weighted by Crippen LogP contribution is 2.22. The highest BCUT2D eigenvalue weighted by Gasteiger charge is 2.10. The molecule has 0 saturated heterocycles. The summed E-state index contributed by atoms with van der Waals surface area (Å²) in [7, 11) is 0. The van der Waals surface area contributed by atoms with Gasteiger partial charge in [0.1, 0.15) is 0 Å². The van der Waals surface area contributed by atoms with Crippen LogP contribution in [0.15, 0.2) is 5.16 Å². The predicted molar refractivity (Wildman–Crippen MR) is 70.9 cm³/mol. The third-order valence-corrected chi connectivity index (χ3v) is 4.02. The van der Waals surface area contributed by atoms with Gasteiger partial charge in [-0.05, 0) is 22.8 Å². The molecule has 0 aliphatic rings. The summed E-state index contributed by atoms with van der Waals surface area (Å²) in [6, 6.07) is 0. The summed E-state index contributed by atoms with van der Waals surface area (Å²) in [5.74, 6) is 1.87. The molecular weight excluding hydrogens is 234 g/mol. The SMILES string of the molecule is CCCCC(CC)CSc1nnnn1CCN. The highest BCUT2D eigenvalue weighted by molar-refractivity contribution is 7.99. The van der Waals surface area contributed by atoms with Crippen LogP contribution in [-0.4, -0.2) is 32.5 Å². The molecule has 0 aliphatic carbocycles. The molecule has 1 rings (SSSR count). The van der Waals surface area contributed by atoms with E-state index in [0.717, 1.165) is 16.8 Å². The quantitative estimate of drug-likeness (QED) is 0.685.